The van der Waals surface area contributed by atoms with Gasteiger partial charge in [-0.1, -0.05) is 103 Å². The van der Waals surface area contributed by atoms with Gasteiger partial charge < -0.3 is 0 Å². The lowest BCUT2D eigenvalue weighted by atomic mass is 9.94. The van der Waals surface area contributed by atoms with Crippen molar-refractivity contribution in [1.29, 1.82) is 0 Å². The maximum Gasteiger partial charge on any atom is 0.138 e. The maximum absolute atomic E-state index is 5.02. The Hall–Kier alpha value is -5.21. The van der Waals surface area contributed by atoms with Crippen molar-refractivity contribution in [3.63, 3.8) is 0 Å². The number of hydrogen-bond acceptors (Lipinski definition) is 2. The smallest absolute Gasteiger partial charge is 0.138 e. The highest BCUT2D eigenvalue weighted by Gasteiger charge is 2.22. The fraction of sp³-hybridized carbons (Fsp3) is 0. The van der Waals surface area contributed by atoms with Crippen molar-refractivity contribution >= 4 is 38.9 Å². The van der Waals surface area contributed by atoms with E-state index in [1.165, 1.54) is 44.2 Å². The summed E-state index contributed by atoms with van der Waals surface area (Å²) in [6.45, 7) is 0. The van der Waals surface area contributed by atoms with E-state index in [0.29, 0.717) is 0 Å². The van der Waals surface area contributed by atoms with E-state index < -0.39 is 0 Å². The van der Waals surface area contributed by atoms with Gasteiger partial charge in [-0.25, -0.2) is 4.98 Å². The van der Waals surface area contributed by atoms with Crippen LogP contribution in [-0.4, -0.2) is 4.98 Å². The molecule has 1 aliphatic rings. The third kappa shape index (κ3) is 3.46. The first kappa shape index (κ1) is 21.8. The molecule has 182 valence electrons. The minimum atomic E-state index is 0.899. The summed E-state index contributed by atoms with van der Waals surface area (Å²) >= 11 is 0. The molecule has 0 N–H and O–H groups in total. The quantitative estimate of drug-likeness (QED) is 0.241. The number of aromatic nitrogens is 1. The number of pyridine rings is 1. The second kappa shape index (κ2) is 8.68. The molecular formula is C37H24N2. The molecule has 0 radical (unpaired) electrons. The first-order valence-electron chi connectivity index (χ1n) is 13.3. The first-order chi connectivity index (χ1) is 19.3. The van der Waals surface area contributed by atoms with Gasteiger partial charge in [-0.05, 0) is 86.6 Å². The zero-order valence-electron chi connectivity index (χ0n) is 21.3. The van der Waals surface area contributed by atoms with Gasteiger partial charge in [0.2, 0.25) is 0 Å². The summed E-state index contributed by atoms with van der Waals surface area (Å²) in [5, 5.41) is 3.79. The van der Waals surface area contributed by atoms with Crippen molar-refractivity contribution in [3.05, 3.63) is 146 Å². The molecule has 0 unspecified atom stereocenters. The summed E-state index contributed by atoms with van der Waals surface area (Å²) in [5.41, 5.74) is 10.9. The number of anilines is 3. The van der Waals surface area contributed by atoms with Crippen molar-refractivity contribution < 1.29 is 0 Å². The van der Waals surface area contributed by atoms with Crippen molar-refractivity contribution in [3.8, 4) is 33.4 Å². The molecule has 0 saturated carbocycles. The zero-order chi connectivity index (χ0) is 25.8. The number of hydrogen-bond donors (Lipinski definition) is 0. The predicted octanol–water partition coefficient (Wildman–Crippen LogP) is 10.2. The van der Waals surface area contributed by atoms with E-state index >= 15 is 0 Å². The average molecular weight is 497 g/mol. The monoisotopic (exact) mass is 496 g/mol. The van der Waals surface area contributed by atoms with Crippen LogP contribution in [0.25, 0.3) is 55.1 Å². The molecule has 0 bridgehead atoms. The number of para-hydroxylation sites is 2. The van der Waals surface area contributed by atoms with Crippen LogP contribution in [0.3, 0.4) is 0 Å². The van der Waals surface area contributed by atoms with Gasteiger partial charge in [-0.2, -0.15) is 0 Å². The third-order valence-corrected chi connectivity index (χ3v) is 7.81. The summed E-state index contributed by atoms with van der Waals surface area (Å²) in [7, 11) is 0. The molecule has 2 nitrogen and oxygen atoms in total. The molecule has 2 heteroatoms. The normalized spacial score (nSPS) is 11.6. The Balaban J connectivity index is 1.24. The highest BCUT2D eigenvalue weighted by molar-refractivity contribution is 6.18. The molecule has 0 spiro atoms. The molecule has 6 aromatic carbocycles. The van der Waals surface area contributed by atoms with Crippen LogP contribution >= 0.6 is 0 Å². The predicted molar refractivity (Wildman–Crippen MR) is 164 cm³/mol. The summed E-state index contributed by atoms with van der Waals surface area (Å²) in [6, 6.07) is 51.8. The van der Waals surface area contributed by atoms with Gasteiger partial charge in [0.15, 0.2) is 0 Å². The topological polar surface area (TPSA) is 16.1 Å². The lowest BCUT2D eigenvalue weighted by Gasteiger charge is -2.25. The summed E-state index contributed by atoms with van der Waals surface area (Å²) in [4.78, 5) is 7.24. The van der Waals surface area contributed by atoms with E-state index in [4.69, 9.17) is 4.98 Å². The molecule has 0 atom stereocenters. The maximum atomic E-state index is 5.02. The molecule has 39 heavy (non-hydrogen) atoms. The number of benzene rings is 6. The van der Waals surface area contributed by atoms with Crippen molar-refractivity contribution in [2.45, 2.75) is 0 Å². The Morgan fingerprint density at radius 2 is 1.05 bits per heavy atom. The molecule has 7 aromatic rings. The van der Waals surface area contributed by atoms with Crippen molar-refractivity contribution in [2.75, 3.05) is 4.90 Å². The third-order valence-electron chi connectivity index (χ3n) is 7.81. The van der Waals surface area contributed by atoms with E-state index in [0.717, 1.165) is 28.1 Å². The Labute approximate surface area is 227 Å². The molecular weight excluding hydrogens is 472 g/mol. The van der Waals surface area contributed by atoms with Crippen LogP contribution in [0.15, 0.2) is 146 Å². The molecule has 8 rings (SSSR count). The fourth-order valence-electron chi connectivity index (χ4n) is 6.02. The zero-order valence-corrected chi connectivity index (χ0v) is 21.3. The van der Waals surface area contributed by atoms with Gasteiger partial charge in [0.1, 0.15) is 5.82 Å². The molecule has 1 aromatic heterocycles. The second-order valence-corrected chi connectivity index (χ2v) is 10.0. The SMILES string of the molecule is c1ccc(N(c2ccc(-c3ccc4c5c(cccc35)-c3ccccc3-4)cc2)c2ccc3ccccc3n2)cc1. The first-order valence-corrected chi connectivity index (χ1v) is 13.3. The van der Waals surface area contributed by atoms with Gasteiger partial charge in [-0.3, -0.25) is 4.90 Å². The number of rotatable bonds is 4. The van der Waals surface area contributed by atoms with Gasteiger partial charge in [0.05, 0.1) is 5.52 Å². The van der Waals surface area contributed by atoms with E-state index in [9.17, 15) is 0 Å². The standard InChI is InChI=1S/C37H24N2/c1-2-10-27(11-3-1)39(36-24-19-26-9-4-7-16-35(26)38-36)28-20-17-25(18-21-28)29-22-23-34-31-13-6-5-12-30(31)33-15-8-14-32(29)37(33)34/h1-24H. The Morgan fingerprint density at radius 1 is 0.410 bits per heavy atom. The van der Waals surface area contributed by atoms with Gasteiger partial charge in [-0.15, -0.1) is 0 Å². The van der Waals surface area contributed by atoms with Crippen LogP contribution in [0, 0.1) is 0 Å². The van der Waals surface area contributed by atoms with Crippen LogP contribution in [0.2, 0.25) is 0 Å². The van der Waals surface area contributed by atoms with E-state index in [1.807, 2.05) is 12.1 Å². The lowest BCUT2D eigenvalue weighted by molar-refractivity contribution is 1.21. The van der Waals surface area contributed by atoms with E-state index in [-0.39, 0.29) is 0 Å². The Morgan fingerprint density at radius 3 is 1.87 bits per heavy atom. The number of nitrogens with zero attached hydrogens (tertiary/aromatic N) is 2. The minimum Gasteiger partial charge on any atom is -0.295 e. The van der Waals surface area contributed by atoms with Gasteiger partial charge >= 0.3 is 0 Å². The van der Waals surface area contributed by atoms with Crippen LogP contribution in [0.5, 0.6) is 0 Å². The van der Waals surface area contributed by atoms with E-state index in [2.05, 4.69) is 138 Å². The molecule has 1 aliphatic carbocycles. The second-order valence-electron chi connectivity index (χ2n) is 10.0. The molecule has 0 saturated heterocycles. The molecule has 1 heterocycles. The van der Waals surface area contributed by atoms with Gasteiger partial charge in [0, 0.05) is 16.8 Å². The molecule has 0 fully saturated rings. The van der Waals surface area contributed by atoms with Crippen molar-refractivity contribution in [2.24, 2.45) is 0 Å². The fourth-order valence-corrected chi connectivity index (χ4v) is 6.02. The summed E-state index contributed by atoms with van der Waals surface area (Å²) < 4.78 is 0. The van der Waals surface area contributed by atoms with Crippen LogP contribution in [0.1, 0.15) is 0 Å². The summed E-state index contributed by atoms with van der Waals surface area (Å²) in [6.07, 6.45) is 0. The Kier molecular flexibility index (Phi) is 4.86. The molecule has 0 amide bonds. The molecule has 0 aliphatic heterocycles. The number of fused-ring (bicyclic) bond motifs is 4. The van der Waals surface area contributed by atoms with E-state index in [1.54, 1.807) is 0 Å². The van der Waals surface area contributed by atoms with Crippen LogP contribution in [0.4, 0.5) is 17.2 Å². The highest BCUT2D eigenvalue weighted by Crippen LogP contribution is 2.49. The van der Waals surface area contributed by atoms with Crippen LogP contribution in [-0.2, 0) is 0 Å². The summed E-state index contributed by atoms with van der Waals surface area (Å²) in [5.74, 6) is 0.899. The largest absolute Gasteiger partial charge is 0.295 e. The Bertz CT molecular complexity index is 1980. The highest BCUT2D eigenvalue weighted by atomic mass is 15.2. The lowest BCUT2D eigenvalue weighted by Crippen LogP contribution is -2.11. The average Bonchev–Trinajstić information content (AvgIpc) is 3.34. The van der Waals surface area contributed by atoms with Gasteiger partial charge in [0.25, 0.3) is 0 Å². The van der Waals surface area contributed by atoms with Crippen LogP contribution < -0.4 is 4.90 Å². The van der Waals surface area contributed by atoms with Crippen molar-refractivity contribution in [1.82, 2.24) is 4.98 Å². The minimum absolute atomic E-state index is 0.899.